The molecule has 0 aromatic heterocycles. The molecule has 3 rings (SSSR count). The topological polar surface area (TPSA) is 51.1 Å². The Morgan fingerprint density at radius 3 is 2.62 bits per heavy atom. The number of hydrogen-bond acceptors (Lipinski definition) is 5. The Hall–Kier alpha value is -1.85. The first-order valence-electron chi connectivity index (χ1n) is 9.92. The predicted octanol–water partition coefficient (Wildman–Crippen LogP) is 2.28. The van der Waals surface area contributed by atoms with E-state index < -0.39 is 0 Å². The Kier molecular flexibility index (Phi) is 7.09. The first kappa shape index (κ1) is 18.9. The summed E-state index contributed by atoms with van der Waals surface area (Å²) in [5, 5.41) is 12.3. The highest BCUT2D eigenvalue weighted by molar-refractivity contribution is 5.64. The fraction of sp³-hybridized carbons (Fsp3) is 0.571. The first-order chi connectivity index (χ1) is 12.8. The maximum Gasteiger partial charge on any atom is 0.0453 e. The second-order valence-corrected chi connectivity index (χ2v) is 7.21. The molecule has 0 radical (unpaired) electrons. The van der Waals surface area contributed by atoms with Crippen LogP contribution in [0.25, 0.3) is 0 Å². The highest BCUT2D eigenvalue weighted by Crippen LogP contribution is 2.21. The molecule has 2 aliphatic rings. The van der Waals surface area contributed by atoms with Crippen molar-refractivity contribution in [3.8, 4) is 0 Å². The van der Waals surface area contributed by atoms with Crippen molar-refractivity contribution in [3.63, 3.8) is 0 Å². The summed E-state index contributed by atoms with van der Waals surface area (Å²) >= 11 is 0. The summed E-state index contributed by atoms with van der Waals surface area (Å²) in [4.78, 5) is 9.39. The van der Waals surface area contributed by atoms with E-state index in [0.29, 0.717) is 5.92 Å². The summed E-state index contributed by atoms with van der Waals surface area (Å²) in [5.41, 5.74) is 3.89. The monoisotopic (exact) mass is 356 g/mol. The second-order valence-electron chi connectivity index (χ2n) is 7.21. The zero-order chi connectivity index (χ0) is 18.2. The van der Waals surface area contributed by atoms with Gasteiger partial charge in [-0.25, -0.2) is 0 Å². The first-order valence-corrected chi connectivity index (χ1v) is 9.92. The molecule has 1 unspecified atom stereocenters. The van der Waals surface area contributed by atoms with Crippen LogP contribution in [0, 0.1) is 5.92 Å². The number of anilines is 1. The molecule has 2 heterocycles. The lowest BCUT2D eigenvalue weighted by atomic mass is 9.94. The lowest BCUT2D eigenvalue weighted by Gasteiger charge is -2.35. The number of nitrogens with one attached hydrogen (secondary N) is 1. The van der Waals surface area contributed by atoms with E-state index in [-0.39, 0.29) is 6.61 Å². The number of allylic oxidation sites excluding steroid dienone is 1. The van der Waals surface area contributed by atoms with E-state index in [1.54, 1.807) is 0 Å². The maximum atomic E-state index is 8.89. The van der Waals surface area contributed by atoms with Gasteiger partial charge >= 0.3 is 0 Å². The summed E-state index contributed by atoms with van der Waals surface area (Å²) in [6.45, 7) is 9.00. The predicted molar refractivity (Wildman–Crippen MR) is 109 cm³/mol. The van der Waals surface area contributed by atoms with Crippen LogP contribution in [0.4, 0.5) is 5.69 Å². The second kappa shape index (κ2) is 9.74. The Morgan fingerprint density at radius 2 is 1.92 bits per heavy atom. The van der Waals surface area contributed by atoms with Crippen molar-refractivity contribution in [2.75, 3.05) is 50.8 Å². The Balaban J connectivity index is 1.49. The van der Waals surface area contributed by atoms with E-state index >= 15 is 0 Å². The fourth-order valence-corrected chi connectivity index (χ4v) is 3.68. The summed E-state index contributed by atoms with van der Waals surface area (Å²) in [7, 11) is 0. The zero-order valence-electron chi connectivity index (χ0n) is 15.9. The van der Waals surface area contributed by atoms with Crippen molar-refractivity contribution in [2.24, 2.45) is 10.9 Å². The minimum absolute atomic E-state index is 0.229. The molecule has 2 N–H and O–H groups in total. The molecule has 2 aliphatic heterocycles. The molecule has 0 saturated carbocycles. The molecule has 5 nitrogen and oxygen atoms in total. The van der Waals surface area contributed by atoms with Crippen molar-refractivity contribution in [2.45, 2.75) is 26.2 Å². The van der Waals surface area contributed by atoms with Gasteiger partial charge in [0.25, 0.3) is 0 Å². The molecule has 142 valence electrons. The highest BCUT2D eigenvalue weighted by atomic mass is 16.3. The molecule has 5 heteroatoms. The van der Waals surface area contributed by atoms with E-state index in [9.17, 15) is 0 Å². The van der Waals surface area contributed by atoms with Gasteiger partial charge in [-0.2, -0.15) is 0 Å². The van der Waals surface area contributed by atoms with Gasteiger partial charge < -0.3 is 20.2 Å². The molecule has 26 heavy (non-hydrogen) atoms. The lowest BCUT2D eigenvalue weighted by Crippen LogP contribution is -2.46. The molecule has 0 amide bonds. The van der Waals surface area contributed by atoms with E-state index in [0.717, 1.165) is 58.5 Å². The van der Waals surface area contributed by atoms with Gasteiger partial charge in [-0.05, 0) is 43.5 Å². The van der Waals surface area contributed by atoms with Crippen molar-refractivity contribution < 1.29 is 5.11 Å². The Morgan fingerprint density at radius 1 is 1.15 bits per heavy atom. The van der Waals surface area contributed by atoms with Crippen LogP contribution in [-0.2, 0) is 6.42 Å². The quantitative estimate of drug-likeness (QED) is 0.702. The standard InChI is InChI=1S/C21H32N4O/c1-2-24-9-11-25(12-10-24)21-6-4-18(5-7-21)14-19-15-20(17-22-16-19)23-8-3-13-26/h4-7,16-17,19,23,26H,2-3,8-15H2,1H3. The smallest absolute Gasteiger partial charge is 0.0453 e. The van der Waals surface area contributed by atoms with Crippen LogP contribution in [0.1, 0.15) is 25.3 Å². The summed E-state index contributed by atoms with van der Waals surface area (Å²) in [6, 6.07) is 9.08. The Bertz CT molecular complexity index is 603. The van der Waals surface area contributed by atoms with Crippen LogP contribution in [0.15, 0.2) is 41.2 Å². The molecule has 1 fully saturated rings. The molecule has 1 atom stereocenters. The van der Waals surface area contributed by atoms with E-state index in [1.807, 2.05) is 6.20 Å². The number of likely N-dealkylation sites (N-methyl/N-ethyl adjacent to an activating group) is 1. The molecule has 1 saturated heterocycles. The maximum absolute atomic E-state index is 8.89. The number of rotatable bonds is 8. The molecule has 0 aliphatic carbocycles. The van der Waals surface area contributed by atoms with E-state index in [2.05, 4.69) is 57.5 Å². The van der Waals surface area contributed by atoms with Crippen LogP contribution in [-0.4, -0.2) is 62.1 Å². The van der Waals surface area contributed by atoms with Gasteiger partial charge in [0.2, 0.25) is 0 Å². The summed E-state index contributed by atoms with van der Waals surface area (Å²) < 4.78 is 0. The molecular formula is C21H32N4O. The van der Waals surface area contributed by atoms with Gasteiger partial charge in [-0.1, -0.05) is 19.1 Å². The van der Waals surface area contributed by atoms with Gasteiger partial charge in [0.1, 0.15) is 0 Å². The third-order valence-corrected chi connectivity index (χ3v) is 5.32. The van der Waals surface area contributed by atoms with Crippen LogP contribution in [0.2, 0.25) is 0 Å². The molecule has 0 spiro atoms. The third kappa shape index (κ3) is 5.32. The number of piperazine rings is 1. The van der Waals surface area contributed by atoms with Crippen LogP contribution in [0.3, 0.4) is 0 Å². The average Bonchev–Trinajstić information content (AvgIpc) is 2.69. The number of aliphatic hydroxyl groups is 1. The van der Waals surface area contributed by atoms with E-state index in [1.165, 1.54) is 16.9 Å². The average molecular weight is 357 g/mol. The number of aliphatic hydroxyl groups excluding tert-OH is 1. The van der Waals surface area contributed by atoms with Gasteiger partial charge in [0.05, 0.1) is 0 Å². The minimum Gasteiger partial charge on any atom is -0.396 e. The molecule has 1 aromatic rings. The molecule has 1 aromatic carbocycles. The number of benzene rings is 1. The van der Waals surface area contributed by atoms with Gasteiger partial charge in [-0.15, -0.1) is 0 Å². The largest absolute Gasteiger partial charge is 0.396 e. The molecule has 0 bridgehead atoms. The van der Waals surface area contributed by atoms with Crippen molar-refractivity contribution in [1.29, 1.82) is 0 Å². The number of nitrogens with zero attached hydrogens (tertiary/aromatic N) is 3. The Labute approximate surface area is 157 Å². The highest BCUT2D eigenvalue weighted by Gasteiger charge is 2.16. The zero-order valence-corrected chi connectivity index (χ0v) is 15.9. The van der Waals surface area contributed by atoms with Gasteiger partial charge in [-0.3, -0.25) is 4.99 Å². The SMILES string of the molecule is CCN1CCN(c2ccc(CC3C=NC=C(NCCCO)C3)cc2)CC1. The summed E-state index contributed by atoms with van der Waals surface area (Å²) in [5.74, 6) is 0.440. The lowest BCUT2D eigenvalue weighted by molar-refractivity contribution is 0.271. The van der Waals surface area contributed by atoms with Crippen molar-refractivity contribution in [3.05, 3.63) is 41.7 Å². The van der Waals surface area contributed by atoms with Crippen molar-refractivity contribution in [1.82, 2.24) is 10.2 Å². The number of hydrogen-bond donors (Lipinski definition) is 2. The van der Waals surface area contributed by atoms with Gasteiger partial charge in [0.15, 0.2) is 0 Å². The van der Waals surface area contributed by atoms with Gasteiger partial charge in [0, 0.05) is 69.0 Å². The van der Waals surface area contributed by atoms with E-state index in [4.69, 9.17) is 5.11 Å². The number of aliphatic imine (C=N–C) groups is 1. The normalized spacial score (nSPS) is 20.9. The van der Waals surface area contributed by atoms with Crippen LogP contribution < -0.4 is 10.2 Å². The van der Waals surface area contributed by atoms with Crippen LogP contribution in [0.5, 0.6) is 0 Å². The molecular weight excluding hydrogens is 324 g/mol. The fourth-order valence-electron chi connectivity index (χ4n) is 3.68. The van der Waals surface area contributed by atoms with Crippen LogP contribution >= 0.6 is 0 Å². The van der Waals surface area contributed by atoms with Crippen molar-refractivity contribution >= 4 is 11.9 Å². The summed E-state index contributed by atoms with van der Waals surface area (Å²) in [6.07, 6.45) is 6.77. The minimum atomic E-state index is 0.229. The third-order valence-electron chi connectivity index (χ3n) is 5.32.